The predicted molar refractivity (Wildman–Crippen MR) is 91.8 cm³/mol. The van der Waals surface area contributed by atoms with Crippen LogP contribution in [0.15, 0.2) is 64.3 Å². The summed E-state index contributed by atoms with van der Waals surface area (Å²) in [6, 6.07) is 12.5. The van der Waals surface area contributed by atoms with Gasteiger partial charge in [-0.15, -0.1) is 0 Å². The molecular weight excluding hydrogens is 338 g/mol. The fourth-order valence-corrected chi connectivity index (χ4v) is 2.50. The number of aromatic carboxylic acids is 1. The van der Waals surface area contributed by atoms with Crippen molar-refractivity contribution < 1.29 is 14.7 Å². The van der Waals surface area contributed by atoms with E-state index in [-0.39, 0.29) is 16.8 Å². The van der Waals surface area contributed by atoms with Crippen molar-refractivity contribution in [2.75, 3.05) is 5.32 Å². The van der Waals surface area contributed by atoms with Crippen LogP contribution in [0.25, 0.3) is 11.1 Å². The first-order valence-electron chi connectivity index (χ1n) is 7.50. The molecule has 0 saturated heterocycles. The number of carbonyl (C=O) groups excluding carboxylic acids is 2. The van der Waals surface area contributed by atoms with Crippen LogP contribution in [0.1, 0.15) is 20.7 Å². The summed E-state index contributed by atoms with van der Waals surface area (Å²) in [6.07, 6.45) is 1.08. The zero-order valence-electron chi connectivity index (χ0n) is 13.2. The number of H-pyrrole nitrogens is 2. The molecule has 0 aliphatic carbocycles. The molecule has 130 valence electrons. The number of hydrogen-bond acceptors (Lipinski definition) is 5. The van der Waals surface area contributed by atoms with E-state index in [2.05, 4.69) is 10.3 Å². The maximum atomic E-state index is 12.6. The quantitative estimate of drug-likeness (QED) is 0.624. The number of aromatic nitrogens is 2. The van der Waals surface area contributed by atoms with E-state index in [4.69, 9.17) is 0 Å². The van der Waals surface area contributed by atoms with Crippen LogP contribution < -0.4 is 21.7 Å². The SMILES string of the molecule is O=C([O-])c1ccccc1-c1ccccc1C(=O)Nc1c[nH]c(=O)[nH]c1=O. The standard InChI is InChI=1S/C18H13N3O5/c22-15(20-14-9-19-18(26)21-16(14)23)12-7-3-1-5-10(12)11-6-2-4-8-13(11)17(24)25/h1-9H,(H,20,22)(H,24,25)(H2,19,21,23,26)/p-1. The molecular formula is C18H12N3O5-. The average molecular weight is 350 g/mol. The van der Waals surface area contributed by atoms with Gasteiger partial charge < -0.3 is 20.2 Å². The van der Waals surface area contributed by atoms with Gasteiger partial charge in [0.2, 0.25) is 0 Å². The summed E-state index contributed by atoms with van der Waals surface area (Å²) in [7, 11) is 0. The van der Waals surface area contributed by atoms with E-state index in [0.29, 0.717) is 11.1 Å². The Morgan fingerprint density at radius 1 is 0.885 bits per heavy atom. The smallest absolute Gasteiger partial charge is 0.325 e. The van der Waals surface area contributed by atoms with Crippen LogP contribution in [0.3, 0.4) is 0 Å². The fraction of sp³-hybridized carbons (Fsp3) is 0. The van der Waals surface area contributed by atoms with E-state index in [9.17, 15) is 24.3 Å². The molecule has 1 amide bonds. The van der Waals surface area contributed by atoms with Crippen molar-refractivity contribution >= 4 is 17.6 Å². The number of benzene rings is 2. The van der Waals surface area contributed by atoms with Gasteiger partial charge in [0.25, 0.3) is 11.5 Å². The summed E-state index contributed by atoms with van der Waals surface area (Å²) in [5, 5.41) is 13.7. The largest absolute Gasteiger partial charge is 0.545 e. The zero-order valence-corrected chi connectivity index (χ0v) is 13.2. The van der Waals surface area contributed by atoms with Crippen LogP contribution in [-0.4, -0.2) is 21.8 Å². The third-order valence-corrected chi connectivity index (χ3v) is 3.68. The Hall–Kier alpha value is -3.94. The maximum Gasteiger partial charge on any atom is 0.325 e. The van der Waals surface area contributed by atoms with Crippen molar-refractivity contribution in [3.05, 3.63) is 86.7 Å². The highest BCUT2D eigenvalue weighted by molar-refractivity contribution is 6.10. The third kappa shape index (κ3) is 3.29. The van der Waals surface area contributed by atoms with Crippen LogP contribution in [-0.2, 0) is 0 Å². The minimum absolute atomic E-state index is 0.0605. The maximum absolute atomic E-state index is 12.6. The van der Waals surface area contributed by atoms with Crippen LogP contribution in [0.5, 0.6) is 0 Å². The number of rotatable bonds is 4. The summed E-state index contributed by atoms with van der Waals surface area (Å²) in [5.74, 6) is -2.00. The van der Waals surface area contributed by atoms with Crippen LogP contribution in [0.4, 0.5) is 5.69 Å². The molecule has 0 atom stereocenters. The third-order valence-electron chi connectivity index (χ3n) is 3.68. The number of anilines is 1. The molecule has 2 aromatic carbocycles. The van der Waals surface area contributed by atoms with Gasteiger partial charge >= 0.3 is 5.69 Å². The van der Waals surface area contributed by atoms with Crippen molar-refractivity contribution in [3.8, 4) is 11.1 Å². The van der Waals surface area contributed by atoms with E-state index in [1.807, 2.05) is 4.98 Å². The van der Waals surface area contributed by atoms with Gasteiger partial charge in [-0.25, -0.2) is 4.79 Å². The van der Waals surface area contributed by atoms with Gasteiger partial charge in [0.15, 0.2) is 0 Å². The molecule has 8 heteroatoms. The second-order valence-corrected chi connectivity index (χ2v) is 5.32. The van der Waals surface area contributed by atoms with Crippen LogP contribution in [0, 0.1) is 0 Å². The Labute approximate surface area is 146 Å². The molecule has 8 nitrogen and oxygen atoms in total. The van der Waals surface area contributed by atoms with Crippen LogP contribution >= 0.6 is 0 Å². The summed E-state index contributed by atoms with van der Waals surface area (Å²) in [4.78, 5) is 51.0. The topological polar surface area (TPSA) is 135 Å². The first-order valence-corrected chi connectivity index (χ1v) is 7.50. The summed E-state index contributed by atoms with van der Waals surface area (Å²) < 4.78 is 0. The van der Waals surface area contributed by atoms with Gasteiger partial charge in [-0.3, -0.25) is 14.6 Å². The highest BCUT2D eigenvalue weighted by Crippen LogP contribution is 2.27. The minimum Gasteiger partial charge on any atom is -0.545 e. The van der Waals surface area contributed by atoms with Crippen molar-refractivity contribution in [2.45, 2.75) is 0 Å². The molecule has 3 rings (SSSR count). The molecule has 0 aliphatic rings. The number of hydrogen-bond donors (Lipinski definition) is 3. The van der Waals surface area contributed by atoms with Crippen molar-refractivity contribution in [2.24, 2.45) is 0 Å². The van der Waals surface area contributed by atoms with Gasteiger partial charge in [-0.1, -0.05) is 42.5 Å². The molecule has 26 heavy (non-hydrogen) atoms. The van der Waals surface area contributed by atoms with Crippen molar-refractivity contribution in [1.29, 1.82) is 0 Å². The second-order valence-electron chi connectivity index (χ2n) is 5.32. The van der Waals surface area contributed by atoms with Gasteiger partial charge in [0.1, 0.15) is 5.69 Å². The lowest BCUT2D eigenvalue weighted by Gasteiger charge is -2.14. The van der Waals surface area contributed by atoms with Gasteiger partial charge in [-0.05, 0) is 17.2 Å². The number of amides is 1. The molecule has 1 aromatic heterocycles. The lowest BCUT2D eigenvalue weighted by Crippen LogP contribution is -2.27. The number of carbonyl (C=O) groups is 2. The molecule has 3 N–H and O–H groups in total. The van der Waals surface area contributed by atoms with E-state index in [0.717, 1.165) is 6.20 Å². The number of nitrogens with one attached hydrogen (secondary N) is 3. The molecule has 0 saturated carbocycles. The number of carboxylic acid groups (broad SMARTS) is 1. The highest BCUT2D eigenvalue weighted by Gasteiger charge is 2.16. The van der Waals surface area contributed by atoms with E-state index in [1.54, 1.807) is 36.4 Å². The normalized spacial score (nSPS) is 10.3. The first-order chi connectivity index (χ1) is 12.5. The highest BCUT2D eigenvalue weighted by atomic mass is 16.4. The Bertz CT molecular complexity index is 1110. The summed E-state index contributed by atoms with van der Waals surface area (Å²) in [5.41, 5.74) is -0.815. The minimum atomic E-state index is -1.37. The van der Waals surface area contributed by atoms with Gasteiger partial charge in [0.05, 0.1) is 5.97 Å². The predicted octanol–water partition coefficient (Wildman–Crippen LogP) is 0.346. The van der Waals surface area contributed by atoms with Crippen molar-refractivity contribution in [1.82, 2.24) is 9.97 Å². The van der Waals surface area contributed by atoms with Crippen LogP contribution in [0.2, 0.25) is 0 Å². The van der Waals surface area contributed by atoms with Gasteiger partial charge in [0, 0.05) is 17.3 Å². The summed E-state index contributed by atoms with van der Waals surface area (Å²) in [6.45, 7) is 0. The summed E-state index contributed by atoms with van der Waals surface area (Å²) >= 11 is 0. The molecule has 3 aromatic rings. The second kappa shape index (κ2) is 6.89. The first kappa shape index (κ1) is 16.9. The molecule has 0 unspecified atom stereocenters. The molecule has 0 bridgehead atoms. The molecule has 0 radical (unpaired) electrons. The lowest BCUT2D eigenvalue weighted by atomic mass is 9.95. The molecule has 0 aliphatic heterocycles. The number of aromatic amines is 2. The van der Waals surface area contributed by atoms with E-state index >= 15 is 0 Å². The zero-order chi connectivity index (χ0) is 18.7. The van der Waals surface area contributed by atoms with E-state index in [1.165, 1.54) is 12.1 Å². The molecule has 0 spiro atoms. The molecule has 1 heterocycles. The average Bonchev–Trinajstić information content (AvgIpc) is 2.64. The Balaban J connectivity index is 2.05. The molecule has 0 fully saturated rings. The Morgan fingerprint density at radius 3 is 2.08 bits per heavy atom. The Morgan fingerprint density at radius 2 is 1.46 bits per heavy atom. The monoisotopic (exact) mass is 350 g/mol. The lowest BCUT2D eigenvalue weighted by molar-refractivity contribution is -0.254. The van der Waals surface area contributed by atoms with Gasteiger partial charge in [-0.2, -0.15) is 0 Å². The fourth-order valence-electron chi connectivity index (χ4n) is 2.50. The Kier molecular flexibility index (Phi) is 4.48. The van der Waals surface area contributed by atoms with E-state index < -0.39 is 23.1 Å². The number of carboxylic acids is 1. The van der Waals surface area contributed by atoms with Crippen molar-refractivity contribution in [3.63, 3.8) is 0 Å².